The van der Waals surface area contributed by atoms with Gasteiger partial charge in [0.1, 0.15) is 0 Å². The molecule has 1 aliphatic rings. The minimum atomic E-state index is -0.0863. The lowest BCUT2D eigenvalue weighted by molar-refractivity contribution is 0.156. The summed E-state index contributed by atoms with van der Waals surface area (Å²) in [6, 6.07) is 0.411. The Kier molecular flexibility index (Phi) is 4.35. The molecular weight excluding hydrogens is 246 g/mol. The van der Waals surface area contributed by atoms with Gasteiger partial charge in [-0.05, 0) is 19.3 Å². The van der Waals surface area contributed by atoms with Crippen LogP contribution in [-0.2, 0) is 7.05 Å². The lowest BCUT2D eigenvalue weighted by atomic mass is 9.98. The fraction of sp³-hybridized carbons (Fsp3) is 0.769. The van der Waals surface area contributed by atoms with Crippen LogP contribution >= 0.6 is 11.8 Å². The number of hydrogen-bond acceptors (Lipinski definition) is 4. The highest BCUT2D eigenvalue weighted by molar-refractivity contribution is 7.99. The van der Waals surface area contributed by atoms with Gasteiger partial charge in [-0.15, -0.1) is 0 Å². The number of nitrogens with one attached hydrogen (secondary N) is 1. The van der Waals surface area contributed by atoms with Crippen LogP contribution in [0, 0.1) is 0 Å². The van der Waals surface area contributed by atoms with Crippen molar-refractivity contribution in [3.05, 3.63) is 12.4 Å². The predicted molar refractivity (Wildman–Crippen MR) is 74.8 cm³/mol. The number of rotatable bonds is 5. The lowest BCUT2D eigenvalue weighted by Gasteiger charge is -2.31. The molecule has 2 unspecified atom stereocenters. The Morgan fingerprint density at radius 1 is 1.67 bits per heavy atom. The van der Waals surface area contributed by atoms with E-state index in [2.05, 4.69) is 28.7 Å². The molecule has 2 rings (SSSR count). The predicted octanol–water partition coefficient (Wildman–Crippen LogP) is 1.79. The molecule has 1 aliphatic carbocycles. The molecule has 0 aliphatic heterocycles. The summed E-state index contributed by atoms with van der Waals surface area (Å²) in [5.74, 6) is 0. The summed E-state index contributed by atoms with van der Waals surface area (Å²) >= 11 is 1.83. The van der Waals surface area contributed by atoms with Crippen LogP contribution in [0.15, 0.2) is 17.6 Å². The SMILES string of the molecule is CC(C)NC1(CO)CCC(Sc2nccn2C)C1. The second-order valence-corrected chi connectivity index (χ2v) is 6.81. The van der Waals surface area contributed by atoms with E-state index in [1.807, 2.05) is 31.2 Å². The number of aromatic nitrogens is 2. The number of hydrogen-bond donors (Lipinski definition) is 2. The summed E-state index contributed by atoms with van der Waals surface area (Å²) in [4.78, 5) is 4.36. The number of imidazole rings is 1. The molecule has 1 aromatic rings. The molecule has 0 spiro atoms. The molecule has 0 saturated heterocycles. The summed E-state index contributed by atoms with van der Waals surface area (Å²) in [6.07, 6.45) is 7.01. The average molecular weight is 269 g/mol. The minimum Gasteiger partial charge on any atom is -0.394 e. The van der Waals surface area contributed by atoms with Crippen molar-refractivity contribution in [3.8, 4) is 0 Å². The second kappa shape index (κ2) is 5.63. The van der Waals surface area contributed by atoms with Crippen LogP contribution in [0.25, 0.3) is 0 Å². The van der Waals surface area contributed by atoms with E-state index in [9.17, 15) is 5.11 Å². The van der Waals surface area contributed by atoms with Gasteiger partial charge >= 0.3 is 0 Å². The van der Waals surface area contributed by atoms with Crippen molar-refractivity contribution < 1.29 is 5.11 Å². The molecule has 4 nitrogen and oxygen atoms in total. The molecule has 5 heteroatoms. The fourth-order valence-electron chi connectivity index (χ4n) is 2.73. The Hall–Kier alpha value is -0.520. The first-order chi connectivity index (χ1) is 8.54. The van der Waals surface area contributed by atoms with E-state index < -0.39 is 0 Å². The summed E-state index contributed by atoms with van der Waals surface area (Å²) in [7, 11) is 2.02. The van der Waals surface area contributed by atoms with E-state index in [0.717, 1.165) is 24.4 Å². The van der Waals surface area contributed by atoms with Crippen LogP contribution in [0.4, 0.5) is 0 Å². The standard InChI is InChI=1S/C13H23N3OS/c1-10(2)15-13(9-17)5-4-11(8-13)18-12-14-6-7-16(12)3/h6-7,10-11,15,17H,4-5,8-9H2,1-3H3. The quantitative estimate of drug-likeness (QED) is 0.856. The molecule has 0 amide bonds. The third-order valence-corrected chi connectivity index (χ3v) is 4.85. The first-order valence-corrected chi connectivity index (χ1v) is 7.45. The van der Waals surface area contributed by atoms with Crippen molar-refractivity contribution in [2.75, 3.05) is 6.61 Å². The third-order valence-electron chi connectivity index (χ3n) is 3.51. The zero-order valence-electron chi connectivity index (χ0n) is 11.4. The zero-order valence-corrected chi connectivity index (χ0v) is 12.2. The van der Waals surface area contributed by atoms with E-state index >= 15 is 0 Å². The molecule has 102 valence electrons. The average Bonchev–Trinajstić information content (AvgIpc) is 2.88. The number of aliphatic hydroxyl groups is 1. The van der Waals surface area contributed by atoms with E-state index in [4.69, 9.17) is 0 Å². The highest BCUT2D eigenvalue weighted by Crippen LogP contribution is 2.39. The molecule has 18 heavy (non-hydrogen) atoms. The maximum absolute atomic E-state index is 9.67. The summed E-state index contributed by atoms with van der Waals surface area (Å²) in [5.41, 5.74) is -0.0863. The van der Waals surface area contributed by atoms with E-state index in [1.165, 1.54) is 0 Å². The first kappa shape index (κ1) is 13.9. The summed E-state index contributed by atoms with van der Waals surface area (Å²) in [6.45, 7) is 4.50. The van der Waals surface area contributed by atoms with Crippen molar-refractivity contribution in [2.45, 2.75) is 55.1 Å². The molecule has 0 bridgehead atoms. The van der Waals surface area contributed by atoms with Crippen LogP contribution in [0.1, 0.15) is 33.1 Å². The van der Waals surface area contributed by atoms with Crippen LogP contribution in [0.3, 0.4) is 0 Å². The molecule has 1 fully saturated rings. The Balaban J connectivity index is 1.96. The molecule has 2 N–H and O–H groups in total. The van der Waals surface area contributed by atoms with Crippen LogP contribution in [0.2, 0.25) is 0 Å². The lowest BCUT2D eigenvalue weighted by Crippen LogP contribution is -2.49. The molecular formula is C13H23N3OS. The Morgan fingerprint density at radius 3 is 3.00 bits per heavy atom. The van der Waals surface area contributed by atoms with E-state index in [0.29, 0.717) is 11.3 Å². The van der Waals surface area contributed by atoms with E-state index in [1.54, 1.807) is 0 Å². The van der Waals surface area contributed by atoms with Gasteiger partial charge in [-0.2, -0.15) is 0 Å². The highest BCUT2D eigenvalue weighted by atomic mass is 32.2. The number of aryl methyl sites for hydroxylation is 1. The second-order valence-electron chi connectivity index (χ2n) is 5.54. The first-order valence-electron chi connectivity index (χ1n) is 6.57. The van der Waals surface area contributed by atoms with Gasteiger partial charge in [0.2, 0.25) is 0 Å². The van der Waals surface area contributed by atoms with Gasteiger partial charge in [0.15, 0.2) is 5.16 Å². The Bertz CT molecular complexity index is 393. The number of thioether (sulfide) groups is 1. The largest absolute Gasteiger partial charge is 0.394 e. The van der Waals surface area contributed by atoms with Crippen molar-refractivity contribution in [2.24, 2.45) is 7.05 Å². The van der Waals surface area contributed by atoms with Crippen molar-refractivity contribution in [1.82, 2.24) is 14.9 Å². The summed E-state index contributed by atoms with van der Waals surface area (Å²) in [5, 5.41) is 14.8. The normalized spacial score (nSPS) is 28.2. The van der Waals surface area contributed by atoms with Crippen molar-refractivity contribution in [3.63, 3.8) is 0 Å². The zero-order chi connectivity index (χ0) is 13.2. The molecule has 0 aromatic carbocycles. The Labute approximate surface area is 113 Å². The van der Waals surface area contributed by atoms with Crippen molar-refractivity contribution >= 4 is 11.8 Å². The van der Waals surface area contributed by atoms with Gasteiger partial charge < -0.3 is 15.0 Å². The molecule has 1 heterocycles. The van der Waals surface area contributed by atoms with Gasteiger partial charge in [0, 0.05) is 36.3 Å². The molecule has 1 saturated carbocycles. The number of nitrogens with zero attached hydrogens (tertiary/aromatic N) is 2. The van der Waals surface area contributed by atoms with Crippen LogP contribution < -0.4 is 5.32 Å². The van der Waals surface area contributed by atoms with Crippen LogP contribution in [0.5, 0.6) is 0 Å². The topological polar surface area (TPSA) is 50.1 Å². The molecule has 1 aromatic heterocycles. The highest BCUT2D eigenvalue weighted by Gasteiger charge is 2.39. The minimum absolute atomic E-state index is 0.0863. The molecule has 2 atom stereocenters. The van der Waals surface area contributed by atoms with Crippen LogP contribution in [-0.4, -0.2) is 38.1 Å². The van der Waals surface area contributed by atoms with Crippen molar-refractivity contribution in [1.29, 1.82) is 0 Å². The fourth-order valence-corrected chi connectivity index (χ4v) is 4.01. The van der Waals surface area contributed by atoms with Gasteiger partial charge in [-0.25, -0.2) is 4.98 Å². The Morgan fingerprint density at radius 2 is 2.44 bits per heavy atom. The van der Waals surface area contributed by atoms with Gasteiger partial charge in [0.05, 0.1) is 6.61 Å². The molecule has 0 radical (unpaired) electrons. The van der Waals surface area contributed by atoms with Gasteiger partial charge in [-0.1, -0.05) is 25.6 Å². The third kappa shape index (κ3) is 3.08. The summed E-state index contributed by atoms with van der Waals surface area (Å²) < 4.78 is 2.06. The number of aliphatic hydroxyl groups excluding tert-OH is 1. The van der Waals surface area contributed by atoms with E-state index in [-0.39, 0.29) is 12.1 Å². The smallest absolute Gasteiger partial charge is 0.167 e. The van der Waals surface area contributed by atoms with Gasteiger partial charge in [-0.3, -0.25) is 0 Å². The maximum Gasteiger partial charge on any atom is 0.167 e. The monoisotopic (exact) mass is 269 g/mol. The maximum atomic E-state index is 9.67. The van der Waals surface area contributed by atoms with Gasteiger partial charge in [0.25, 0.3) is 0 Å².